The van der Waals surface area contributed by atoms with Crippen molar-refractivity contribution >= 4 is 12.1 Å². The van der Waals surface area contributed by atoms with Crippen molar-refractivity contribution in [2.24, 2.45) is 5.92 Å². The number of methoxy groups -OCH3 is 1. The average Bonchev–Trinajstić information content (AvgIpc) is 2.98. The molecule has 0 aliphatic heterocycles. The fourth-order valence-electron chi connectivity index (χ4n) is 3.83. The van der Waals surface area contributed by atoms with E-state index in [4.69, 9.17) is 4.74 Å². The van der Waals surface area contributed by atoms with Gasteiger partial charge in [-0.05, 0) is 66.4 Å². The molecule has 0 bridgehead atoms. The molecule has 1 aliphatic carbocycles. The lowest BCUT2D eigenvalue weighted by molar-refractivity contribution is -0.116. The summed E-state index contributed by atoms with van der Waals surface area (Å²) in [6.45, 7) is 6.02. The Hall–Kier alpha value is -2.00. The van der Waals surface area contributed by atoms with E-state index in [1.165, 1.54) is 11.1 Å². The highest BCUT2D eigenvalue weighted by Gasteiger charge is 2.33. The van der Waals surface area contributed by atoms with Gasteiger partial charge in [0.05, 0.1) is 6.10 Å². The molecule has 1 aromatic rings. The molecule has 3 nitrogen and oxygen atoms in total. The molecule has 0 heterocycles. The van der Waals surface area contributed by atoms with Gasteiger partial charge in [-0.3, -0.25) is 9.59 Å². The highest BCUT2D eigenvalue weighted by atomic mass is 16.5. The fraction of sp³-hybridized carbons (Fsp3) is 0.478. The lowest BCUT2D eigenvalue weighted by Crippen LogP contribution is -2.17. The van der Waals surface area contributed by atoms with E-state index in [2.05, 4.69) is 31.2 Å². The van der Waals surface area contributed by atoms with Gasteiger partial charge in [-0.1, -0.05) is 44.2 Å². The van der Waals surface area contributed by atoms with Crippen molar-refractivity contribution in [3.63, 3.8) is 0 Å². The van der Waals surface area contributed by atoms with Gasteiger partial charge < -0.3 is 4.74 Å². The van der Waals surface area contributed by atoms with Gasteiger partial charge >= 0.3 is 0 Å². The Morgan fingerprint density at radius 3 is 2.69 bits per heavy atom. The van der Waals surface area contributed by atoms with E-state index in [0.29, 0.717) is 24.3 Å². The molecular weight excluding hydrogens is 324 g/mol. The number of allylic oxidation sites excluding steroid dienone is 2. The number of ether oxygens (including phenoxy) is 1. The zero-order valence-corrected chi connectivity index (χ0v) is 16.3. The number of hydrogen-bond acceptors (Lipinski definition) is 3. The second-order valence-corrected chi connectivity index (χ2v) is 7.17. The van der Waals surface area contributed by atoms with Crippen molar-refractivity contribution in [3.8, 4) is 0 Å². The second kappa shape index (κ2) is 9.63. The molecule has 0 unspecified atom stereocenters. The van der Waals surface area contributed by atoms with Crippen LogP contribution in [0.2, 0.25) is 0 Å². The molecule has 1 aromatic carbocycles. The van der Waals surface area contributed by atoms with E-state index in [1.807, 2.05) is 19.1 Å². The highest BCUT2D eigenvalue weighted by Crippen LogP contribution is 2.42. The number of hydrogen-bond donors (Lipinski definition) is 0. The fourth-order valence-corrected chi connectivity index (χ4v) is 3.83. The van der Waals surface area contributed by atoms with Crippen molar-refractivity contribution < 1.29 is 14.3 Å². The number of fused-ring (bicyclic) bond motifs is 1. The number of carbonyl (C=O) groups is 2. The Morgan fingerprint density at radius 2 is 2.08 bits per heavy atom. The van der Waals surface area contributed by atoms with Crippen LogP contribution in [-0.4, -0.2) is 25.3 Å². The third kappa shape index (κ3) is 4.79. The molecule has 0 aromatic heterocycles. The van der Waals surface area contributed by atoms with Crippen molar-refractivity contribution in [1.82, 2.24) is 0 Å². The van der Waals surface area contributed by atoms with Crippen molar-refractivity contribution in [2.45, 2.75) is 58.5 Å². The van der Waals surface area contributed by atoms with Crippen molar-refractivity contribution in [2.75, 3.05) is 7.11 Å². The minimum atomic E-state index is -0.191. The number of ketones is 1. The normalized spacial score (nSPS) is 21.4. The summed E-state index contributed by atoms with van der Waals surface area (Å²) in [5.74, 6) is 0.801. The molecule has 0 N–H and O–H groups in total. The summed E-state index contributed by atoms with van der Waals surface area (Å²) in [5, 5.41) is 0. The topological polar surface area (TPSA) is 43.4 Å². The third-order valence-corrected chi connectivity index (χ3v) is 5.30. The lowest BCUT2D eigenvalue weighted by atomic mass is 9.83. The van der Waals surface area contributed by atoms with Crippen LogP contribution in [-0.2, 0) is 20.7 Å². The number of carbonyl (C=O) groups excluding carboxylic acids is 2. The summed E-state index contributed by atoms with van der Waals surface area (Å²) in [5.41, 5.74) is 4.27. The predicted octanol–water partition coefficient (Wildman–Crippen LogP) is 4.81. The largest absolute Gasteiger partial charge is 0.377 e. The van der Waals surface area contributed by atoms with Crippen molar-refractivity contribution in [1.29, 1.82) is 0 Å². The molecule has 0 amide bonds. The first-order chi connectivity index (χ1) is 12.5. The first-order valence-corrected chi connectivity index (χ1v) is 9.49. The molecule has 0 saturated heterocycles. The lowest BCUT2D eigenvalue weighted by Gasteiger charge is -2.20. The summed E-state index contributed by atoms with van der Waals surface area (Å²) in [6, 6.07) is 8.49. The average molecular weight is 354 g/mol. The van der Waals surface area contributed by atoms with E-state index in [1.54, 1.807) is 14.0 Å². The number of benzene rings is 1. The molecule has 26 heavy (non-hydrogen) atoms. The van der Waals surface area contributed by atoms with Gasteiger partial charge in [0.2, 0.25) is 0 Å². The highest BCUT2D eigenvalue weighted by molar-refractivity contribution is 5.96. The van der Waals surface area contributed by atoms with Crippen LogP contribution in [0.3, 0.4) is 0 Å². The first-order valence-electron chi connectivity index (χ1n) is 9.49. The molecule has 0 spiro atoms. The van der Waals surface area contributed by atoms with Gasteiger partial charge in [0, 0.05) is 13.5 Å². The third-order valence-electron chi connectivity index (χ3n) is 5.30. The zero-order chi connectivity index (χ0) is 19.1. The molecular formula is C23H30O3. The molecule has 2 rings (SSSR count). The standard InChI is InChI=1S/C23H30O3/c1-5-8-23(25)21(12-11-19(26-4)13-16(2)15-24)22-14-18-9-6-7-10-20(18)17(22)3/h6-7,9-10,12-13,15,17,19,22H,5,8,11,14H2,1-4H3/b16-13-,21-12+/t17-,19-,22+/m1/s1. The second-order valence-electron chi connectivity index (χ2n) is 7.17. The van der Waals surface area contributed by atoms with E-state index in [-0.39, 0.29) is 17.8 Å². The van der Waals surface area contributed by atoms with Crippen molar-refractivity contribution in [3.05, 3.63) is 58.7 Å². The van der Waals surface area contributed by atoms with Gasteiger partial charge in [0.1, 0.15) is 6.29 Å². The monoisotopic (exact) mass is 354 g/mol. The van der Waals surface area contributed by atoms with Crippen LogP contribution in [0.15, 0.2) is 47.6 Å². The Kier molecular flexibility index (Phi) is 7.52. The number of aldehydes is 1. The van der Waals surface area contributed by atoms with Crippen LogP contribution in [0, 0.1) is 5.92 Å². The first kappa shape index (κ1) is 20.3. The Labute approximate surface area is 157 Å². The SMILES string of the molecule is CCCC(=O)/C(=C/C[C@H](/C=C(/C)C=O)OC)[C@H]1Cc2ccccc2[C@H]1C. The van der Waals surface area contributed by atoms with Crippen LogP contribution >= 0.6 is 0 Å². The number of Topliss-reactive ketones (excluding diaryl/α,β-unsaturated/α-hetero) is 1. The number of rotatable bonds is 9. The zero-order valence-electron chi connectivity index (χ0n) is 16.3. The van der Waals surface area contributed by atoms with E-state index < -0.39 is 0 Å². The quantitative estimate of drug-likeness (QED) is 0.472. The summed E-state index contributed by atoms with van der Waals surface area (Å²) in [7, 11) is 1.63. The predicted molar refractivity (Wildman–Crippen MR) is 105 cm³/mol. The Balaban J connectivity index is 2.27. The van der Waals surface area contributed by atoms with E-state index in [0.717, 1.165) is 24.7 Å². The molecule has 3 heteroatoms. The summed E-state index contributed by atoms with van der Waals surface area (Å²) in [4.78, 5) is 23.7. The van der Waals surface area contributed by atoms with Gasteiger partial charge in [-0.25, -0.2) is 0 Å². The van der Waals surface area contributed by atoms with Gasteiger partial charge in [0.25, 0.3) is 0 Å². The minimum absolute atomic E-state index is 0.191. The van der Waals surface area contributed by atoms with E-state index >= 15 is 0 Å². The van der Waals surface area contributed by atoms with E-state index in [9.17, 15) is 9.59 Å². The molecule has 1 aliphatic rings. The Morgan fingerprint density at radius 1 is 1.35 bits per heavy atom. The van der Waals surface area contributed by atoms with Crippen LogP contribution in [0.25, 0.3) is 0 Å². The molecule has 3 atom stereocenters. The Bertz CT molecular complexity index is 699. The van der Waals surface area contributed by atoms with Gasteiger partial charge in [-0.15, -0.1) is 0 Å². The maximum absolute atomic E-state index is 12.8. The molecule has 0 radical (unpaired) electrons. The van der Waals surface area contributed by atoms with Gasteiger partial charge in [-0.2, -0.15) is 0 Å². The molecule has 140 valence electrons. The summed E-state index contributed by atoms with van der Waals surface area (Å²) >= 11 is 0. The summed E-state index contributed by atoms with van der Waals surface area (Å²) < 4.78 is 5.47. The maximum atomic E-state index is 12.8. The summed E-state index contributed by atoms with van der Waals surface area (Å²) in [6.07, 6.45) is 7.45. The van der Waals surface area contributed by atoms with Crippen LogP contribution in [0.5, 0.6) is 0 Å². The maximum Gasteiger partial charge on any atom is 0.158 e. The van der Waals surface area contributed by atoms with Gasteiger partial charge in [0.15, 0.2) is 5.78 Å². The van der Waals surface area contributed by atoms with Crippen LogP contribution in [0.4, 0.5) is 0 Å². The molecule has 0 saturated carbocycles. The molecule has 0 fully saturated rings. The van der Waals surface area contributed by atoms with Crippen LogP contribution in [0.1, 0.15) is 57.1 Å². The minimum Gasteiger partial charge on any atom is -0.377 e. The smallest absolute Gasteiger partial charge is 0.158 e. The van der Waals surface area contributed by atoms with Crippen LogP contribution < -0.4 is 0 Å².